The van der Waals surface area contributed by atoms with Crippen LogP contribution in [0.2, 0.25) is 0 Å². The van der Waals surface area contributed by atoms with E-state index in [-0.39, 0.29) is 29.9 Å². The van der Waals surface area contributed by atoms with Crippen LogP contribution in [0.25, 0.3) is 0 Å². The summed E-state index contributed by atoms with van der Waals surface area (Å²) in [7, 11) is 0. The predicted octanol–water partition coefficient (Wildman–Crippen LogP) is 3.14. The van der Waals surface area contributed by atoms with Crippen molar-refractivity contribution in [2.24, 2.45) is 11.8 Å². The fourth-order valence-electron chi connectivity index (χ4n) is 3.38. The zero-order valence-corrected chi connectivity index (χ0v) is 14.1. The molecule has 1 aromatic carbocycles. The van der Waals surface area contributed by atoms with E-state index in [1.54, 1.807) is 24.0 Å². The van der Waals surface area contributed by atoms with Gasteiger partial charge in [0.05, 0.1) is 12.0 Å². The summed E-state index contributed by atoms with van der Waals surface area (Å²) < 4.78 is 41.4. The molecule has 1 aromatic rings. The Morgan fingerprint density at radius 3 is 2.52 bits per heavy atom. The fourth-order valence-corrected chi connectivity index (χ4v) is 3.38. The highest BCUT2D eigenvalue weighted by Crippen LogP contribution is 2.42. The number of rotatable bonds is 6. The Bertz CT molecular complexity index is 635. The van der Waals surface area contributed by atoms with Crippen LogP contribution in [-0.4, -0.2) is 41.0 Å². The second-order valence-corrected chi connectivity index (χ2v) is 7.33. The molecule has 2 aliphatic rings. The Kier molecular flexibility index (Phi) is 4.70. The van der Waals surface area contributed by atoms with Crippen molar-refractivity contribution in [3.05, 3.63) is 29.8 Å². The van der Waals surface area contributed by atoms with Gasteiger partial charge >= 0.3 is 6.36 Å². The number of para-hydroxylation sites is 1. The van der Waals surface area contributed by atoms with Gasteiger partial charge in [0, 0.05) is 13.1 Å². The number of alkyl halides is 3. The van der Waals surface area contributed by atoms with Crippen LogP contribution in [0.4, 0.5) is 13.2 Å². The van der Waals surface area contributed by atoms with Crippen molar-refractivity contribution in [1.29, 1.82) is 0 Å². The second-order valence-electron chi connectivity index (χ2n) is 7.33. The van der Waals surface area contributed by atoms with E-state index in [0.717, 1.165) is 12.8 Å². The summed E-state index contributed by atoms with van der Waals surface area (Å²) in [4.78, 5) is 13.9. The van der Waals surface area contributed by atoms with E-state index in [2.05, 4.69) is 4.74 Å². The Morgan fingerprint density at radius 2 is 1.92 bits per heavy atom. The molecule has 1 heterocycles. The third kappa shape index (κ3) is 4.66. The highest BCUT2D eigenvalue weighted by molar-refractivity contribution is 5.78. The van der Waals surface area contributed by atoms with Crippen molar-refractivity contribution >= 4 is 5.91 Å². The molecule has 1 aliphatic carbocycles. The summed E-state index contributed by atoms with van der Waals surface area (Å²) in [6, 6.07) is 6.09. The highest BCUT2D eigenvalue weighted by Gasteiger charge is 2.43. The van der Waals surface area contributed by atoms with Crippen LogP contribution in [0.5, 0.6) is 5.75 Å². The average molecular weight is 357 g/mol. The van der Waals surface area contributed by atoms with Crippen molar-refractivity contribution < 1.29 is 27.8 Å². The van der Waals surface area contributed by atoms with Crippen LogP contribution in [0.15, 0.2) is 24.3 Å². The first-order chi connectivity index (χ1) is 11.6. The first-order valence-corrected chi connectivity index (χ1v) is 8.48. The fraction of sp³-hybridized carbons (Fsp3) is 0.611. The van der Waals surface area contributed by atoms with Crippen molar-refractivity contribution in [2.45, 2.75) is 44.6 Å². The number of hydrogen-bond acceptors (Lipinski definition) is 3. The first kappa shape index (κ1) is 18.0. The Labute approximate surface area is 144 Å². The van der Waals surface area contributed by atoms with E-state index < -0.39 is 12.0 Å². The summed E-state index contributed by atoms with van der Waals surface area (Å²) in [5, 5.41) is 10.3. The lowest BCUT2D eigenvalue weighted by atomic mass is 9.89. The topological polar surface area (TPSA) is 49.8 Å². The molecule has 1 N–H and O–H groups in total. The smallest absolute Gasteiger partial charge is 0.406 e. The van der Waals surface area contributed by atoms with Gasteiger partial charge in [-0.05, 0) is 49.7 Å². The zero-order chi connectivity index (χ0) is 18.2. The molecule has 0 radical (unpaired) electrons. The predicted molar refractivity (Wildman–Crippen MR) is 84.9 cm³/mol. The van der Waals surface area contributed by atoms with Crippen molar-refractivity contribution in [1.82, 2.24) is 4.90 Å². The number of likely N-dealkylation sites (tertiary alicyclic amines) is 1. The molecular formula is C18H22F3NO3. The molecule has 1 unspecified atom stereocenters. The normalized spacial score (nSPS) is 20.8. The number of nitrogens with zero attached hydrogens (tertiary/aromatic N) is 1. The van der Waals surface area contributed by atoms with E-state index >= 15 is 0 Å². The summed E-state index contributed by atoms with van der Waals surface area (Å²) in [6.07, 6.45) is -2.27. The van der Waals surface area contributed by atoms with Gasteiger partial charge in [-0.2, -0.15) is 0 Å². The number of hydrogen-bond donors (Lipinski definition) is 1. The van der Waals surface area contributed by atoms with Gasteiger partial charge in [0.1, 0.15) is 5.75 Å². The zero-order valence-electron chi connectivity index (χ0n) is 14.1. The van der Waals surface area contributed by atoms with Crippen molar-refractivity contribution in [2.75, 3.05) is 13.1 Å². The van der Waals surface area contributed by atoms with Gasteiger partial charge in [0.15, 0.2) is 0 Å². The maximum Gasteiger partial charge on any atom is 0.573 e. The minimum absolute atomic E-state index is 0.0898. The molecule has 1 saturated heterocycles. The molecule has 138 valence electrons. The lowest BCUT2D eigenvalue weighted by Gasteiger charge is -2.41. The van der Waals surface area contributed by atoms with Gasteiger partial charge in [-0.15, -0.1) is 13.2 Å². The van der Waals surface area contributed by atoms with Crippen LogP contribution < -0.4 is 4.74 Å². The van der Waals surface area contributed by atoms with Crippen LogP contribution in [0.3, 0.4) is 0 Å². The van der Waals surface area contributed by atoms with E-state index in [1.807, 2.05) is 0 Å². The molecule has 1 saturated carbocycles. The van der Waals surface area contributed by atoms with E-state index in [9.17, 15) is 23.1 Å². The van der Waals surface area contributed by atoms with Gasteiger partial charge in [-0.1, -0.05) is 18.2 Å². The van der Waals surface area contributed by atoms with Gasteiger partial charge in [-0.25, -0.2) is 0 Å². The van der Waals surface area contributed by atoms with Crippen molar-refractivity contribution in [3.63, 3.8) is 0 Å². The molecule has 7 heteroatoms. The number of carbonyl (C=O) groups excluding carboxylic acids is 1. The quantitative estimate of drug-likeness (QED) is 0.851. The third-order valence-electron chi connectivity index (χ3n) is 4.98. The minimum atomic E-state index is -4.72. The molecule has 0 aromatic heterocycles. The maximum atomic E-state index is 12.5. The molecule has 3 rings (SSSR count). The standard InChI is InChI=1S/C18H22F3NO3/c1-17(24,14-6-7-14)9-16(23)22-10-12(11-22)8-13-4-2-3-5-15(13)25-18(19,20)21/h2-5,12,14,24H,6-11H2,1H3. The van der Waals surface area contributed by atoms with E-state index in [4.69, 9.17) is 0 Å². The second kappa shape index (κ2) is 6.52. The molecule has 0 spiro atoms. The third-order valence-corrected chi connectivity index (χ3v) is 4.98. The van der Waals surface area contributed by atoms with Crippen LogP contribution in [-0.2, 0) is 11.2 Å². The van der Waals surface area contributed by atoms with E-state index in [1.165, 1.54) is 12.1 Å². The summed E-state index contributed by atoms with van der Waals surface area (Å²) in [6.45, 7) is 2.70. The molecule has 0 bridgehead atoms. The molecular weight excluding hydrogens is 335 g/mol. The molecule has 25 heavy (non-hydrogen) atoms. The number of benzene rings is 1. The number of halogens is 3. The van der Waals surface area contributed by atoms with Gasteiger partial charge < -0.3 is 14.7 Å². The van der Waals surface area contributed by atoms with E-state index in [0.29, 0.717) is 25.1 Å². The largest absolute Gasteiger partial charge is 0.573 e. The monoisotopic (exact) mass is 357 g/mol. The maximum absolute atomic E-state index is 12.5. The van der Waals surface area contributed by atoms with Crippen molar-refractivity contribution in [3.8, 4) is 5.75 Å². The number of ether oxygens (including phenoxy) is 1. The summed E-state index contributed by atoms with van der Waals surface area (Å²) >= 11 is 0. The number of aliphatic hydroxyl groups is 1. The van der Waals surface area contributed by atoms with Gasteiger partial charge in [-0.3, -0.25) is 4.79 Å². The number of amides is 1. The average Bonchev–Trinajstić information content (AvgIpc) is 3.26. The minimum Gasteiger partial charge on any atom is -0.406 e. The molecule has 1 atom stereocenters. The Morgan fingerprint density at radius 1 is 1.28 bits per heavy atom. The Balaban J connectivity index is 1.51. The first-order valence-electron chi connectivity index (χ1n) is 8.48. The van der Waals surface area contributed by atoms with Crippen LogP contribution >= 0.6 is 0 Å². The summed E-state index contributed by atoms with van der Waals surface area (Å²) in [5.74, 6) is 0.0390. The number of carbonyl (C=O) groups is 1. The van der Waals surface area contributed by atoms with Gasteiger partial charge in [0.25, 0.3) is 0 Å². The molecule has 4 nitrogen and oxygen atoms in total. The molecule has 1 amide bonds. The SMILES string of the molecule is CC(O)(CC(=O)N1CC(Cc2ccccc2OC(F)(F)F)C1)C1CC1. The van der Waals surface area contributed by atoms with Crippen LogP contribution in [0.1, 0.15) is 31.7 Å². The molecule has 2 fully saturated rings. The molecule has 1 aliphatic heterocycles. The lowest BCUT2D eigenvalue weighted by Crippen LogP contribution is -2.52. The summed E-state index contributed by atoms with van der Waals surface area (Å²) in [5.41, 5.74) is -0.461. The lowest BCUT2D eigenvalue weighted by molar-refractivity contribution is -0.274. The van der Waals surface area contributed by atoms with Crippen LogP contribution in [0, 0.1) is 11.8 Å². The highest BCUT2D eigenvalue weighted by atomic mass is 19.4. The Hall–Kier alpha value is -1.76. The van der Waals surface area contributed by atoms with Gasteiger partial charge in [0.2, 0.25) is 5.91 Å².